The molecule has 1 fully saturated rings. The van der Waals surface area contributed by atoms with E-state index in [0.29, 0.717) is 30.8 Å². The molecule has 1 aromatic carbocycles. The molecule has 1 N–H and O–H groups in total. The Morgan fingerprint density at radius 3 is 2.70 bits per heavy atom. The Kier molecular flexibility index (Phi) is 5.81. The standard InChI is InChI=1S/C20H23N3O5S2/c1-21-19(24)17-13-23(15-7-2-3-8-16(15)28-17)20(25)14-6-4-10-22(12-14)30(26,27)18-9-5-11-29-18/h2-3,5,7-9,11,14,17H,4,6,10,12-13H2,1H3,(H,21,24). The lowest BCUT2D eigenvalue weighted by atomic mass is 9.97. The van der Waals surface area contributed by atoms with Gasteiger partial charge in [-0.2, -0.15) is 4.31 Å². The fourth-order valence-corrected chi connectivity index (χ4v) is 6.53. The van der Waals surface area contributed by atoms with Gasteiger partial charge in [-0.3, -0.25) is 9.59 Å². The van der Waals surface area contributed by atoms with Crippen LogP contribution in [0.4, 0.5) is 5.69 Å². The Hall–Kier alpha value is -2.43. The van der Waals surface area contributed by atoms with Crippen molar-refractivity contribution in [3.8, 4) is 5.75 Å². The summed E-state index contributed by atoms with van der Waals surface area (Å²) >= 11 is 1.17. The number of hydrogen-bond donors (Lipinski definition) is 1. The summed E-state index contributed by atoms with van der Waals surface area (Å²) in [4.78, 5) is 27.2. The number of hydrogen-bond acceptors (Lipinski definition) is 6. The number of amides is 2. The van der Waals surface area contributed by atoms with Crippen molar-refractivity contribution < 1.29 is 22.7 Å². The summed E-state index contributed by atoms with van der Waals surface area (Å²) in [5.74, 6) is -0.520. The van der Waals surface area contributed by atoms with E-state index in [4.69, 9.17) is 4.74 Å². The minimum absolute atomic E-state index is 0.0870. The smallest absolute Gasteiger partial charge is 0.262 e. The number of thiophene rings is 1. The van der Waals surface area contributed by atoms with Gasteiger partial charge in [-0.25, -0.2) is 8.42 Å². The maximum absolute atomic E-state index is 13.5. The van der Waals surface area contributed by atoms with E-state index in [1.807, 2.05) is 0 Å². The van der Waals surface area contributed by atoms with Crippen LogP contribution in [0, 0.1) is 5.92 Å². The van der Waals surface area contributed by atoms with Crippen LogP contribution in [-0.2, 0) is 19.6 Å². The first-order chi connectivity index (χ1) is 14.4. The van der Waals surface area contributed by atoms with Gasteiger partial charge in [0.25, 0.3) is 15.9 Å². The highest BCUT2D eigenvalue weighted by molar-refractivity contribution is 7.91. The van der Waals surface area contributed by atoms with Crippen molar-refractivity contribution in [3.63, 3.8) is 0 Å². The minimum Gasteiger partial charge on any atom is -0.477 e. The predicted octanol–water partition coefficient (Wildman–Crippen LogP) is 1.69. The van der Waals surface area contributed by atoms with Crippen molar-refractivity contribution in [1.29, 1.82) is 0 Å². The Labute approximate surface area is 179 Å². The molecule has 2 unspecified atom stereocenters. The molecule has 160 valence electrons. The van der Waals surface area contributed by atoms with E-state index in [-0.39, 0.29) is 29.1 Å². The summed E-state index contributed by atoms with van der Waals surface area (Å²) in [6.07, 6.45) is 0.383. The number of ether oxygens (including phenoxy) is 1. The number of piperidine rings is 1. The number of carbonyl (C=O) groups excluding carboxylic acids is 2. The van der Waals surface area contributed by atoms with Crippen LogP contribution in [0.3, 0.4) is 0 Å². The van der Waals surface area contributed by atoms with Crippen LogP contribution in [0.25, 0.3) is 0 Å². The molecule has 30 heavy (non-hydrogen) atoms. The normalized spacial score (nSPS) is 22.1. The molecular formula is C20H23N3O5S2. The zero-order valence-corrected chi connectivity index (χ0v) is 18.1. The van der Waals surface area contributed by atoms with Crippen molar-refractivity contribution in [1.82, 2.24) is 9.62 Å². The average Bonchev–Trinajstić information content (AvgIpc) is 3.33. The summed E-state index contributed by atoms with van der Waals surface area (Å²) in [5, 5.41) is 4.28. The number of benzene rings is 1. The largest absolute Gasteiger partial charge is 0.477 e. The Balaban J connectivity index is 1.58. The Morgan fingerprint density at radius 1 is 1.17 bits per heavy atom. The fraction of sp³-hybridized carbons (Fsp3) is 0.400. The summed E-state index contributed by atoms with van der Waals surface area (Å²) in [6, 6.07) is 10.4. The van der Waals surface area contributed by atoms with Gasteiger partial charge in [0.05, 0.1) is 18.2 Å². The number of nitrogens with zero attached hydrogens (tertiary/aromatic N) is 2. The van der Waals surface area contributed by atoms with E-state index in [2.05, 4.69) is 5.32 Å². The third kappa shape index (κ3) is 3.82. The molecule has 2 amide bonds. The number of rotatable bonds is 4. The van der Waals surface area contributed by atoms with Crippen LogP contribution in [-0.4, -0.2) is 57.3 Å². The fourth-order valence-electron chi connectivity index (χ4n) is 3.86. The van der Waals surface area contributed by atoms with Gasteiger partial charge < -0.3 is 15.0 Å². The van der Waals surface area contributed by atoms with Gasteiger partial charge in [0.1, 0.15) is 9.96 Å². The molecule has 0 radical (unpaired) electrons. The molecule has 2 aliphatic heterocycles. The van der Waals surface area contributed by atoms with E-state index in [9.17, 15) is 18.0 Å². The van der Waals surface area contributed by atoms with Gasteiger partial charge in [0.15, 0.2) is 6.10 Å². The summed E-state index contributed by atoms with van der Waals surface area (Å²) < 4.78 is 33.3. The number of nitrogens with one attached hydrogen (secondary N) is 1. The SMILES string of the molecule is CNC(=O)C1CN(C(=O)C2CCCN(S(=O)(=O)c3cccs3)C2)c2ccccc2O1. The monoisotopic (exact) mass is 449 g/mol. The van der Waals surface area contributed by atoms with Gasteiger partial charge in [0, 0.05) is 20.1 Å². The highest BCUT2D eigenvalue weighted by Crippen LogP contribution is 2.35. The number of para-hydroxylation sites is 2. The number of anilines is 1. The molecule has 2 aromatic rings. The van der Waals surface area contributed by atoms with Crippen LogP contribution in [0.1, 0.15) is 12.8 Å². The van der Waals surface area contributed by atoms with Gasteiger partial charge in [-0.1, -0.05) is 18.2 Å². The molecular weight excluding hydrogens is 426 g/mol. The van der Waals surface area contributed by atoms with Gasteiger partial charge in [-0.05, 0) is 36.4 Å². The van der Waals surface area contributed by atoms with Crippen LogP contribution in [0.5, 0.6) is 5.75 Å². The highest BCUT2D eigenvalue weighted by atomic mass is 32.2. The number of likely N-dealkylation sites (N-methyl/N-ethyl adjacent to an activating group) is 1. The number of sulfonamides is 1. The van der Waals surface area contributed by atoms with Crippen molar-refractivity contribution in [2.24, 2.45) is 5.92 Å². The van der Waals surface area contributed by atoms with Crippen LogP contribution < -0.4 is 15.0 Å². The lowest BCUT2D eigenvalue weighted by molar-refractivity contribution is -0.128. The summed E-state index contributed by atoms with van der Waals surface area (Å²) in [5.41, 5.74) is 0.598. The lowest BCUT2D eigenvalue weighted by Crippen LogP contribution is -2.53. The lowest BCUT2D eigenvalue weighted by Gasteiger charge is -2.38. The molecule has 3 heterocycles. The van der Waals surface area contributed by atoms with Crippen molar-refractivity contribution in [3.05, 3.63) is 41.8 Å². The molecule has 0 bridgehead atoms. The molecule has 4 rings (SSSR count). The molecule has 0 saturated carbocycles. The van der Waals surface area contributed by atoms with Crippen molar-refractivity contribution in [2.75, 3.05) is 31.6 Å². The van der Waals surface area contributed by atoms with Gasteiger partial charge in [-0.15, -0.1) is 11.3 Å². The maximum atomic E-state index is 13.5. The summed E-state index contributed by atoms with van der Waals surface area (Å²) in [7, 11) is -2.09. The highest BCUT2D eigenvalue weighted by Gasteiger charge is 2.39. The second-order valence-corrected chi connectivity index (χ2v) is 10.4. The molecule has 1 aromatic heterocycles. The molecule has 2 aliphatic rings. The van der Waals surface area contributed by atoms with Crippen LogP contribution in [0.2, 0.25) is 0 Å². The predicted molar refractivity (Wildman–Crippen MR) is 113 cm³/mol. The second-order valence-electron chi connectivity index (χ2n) is 7.27. The second kappa shape index (κ2) is 8.37. The van der Waals surface area contributed by atoms with E-state index >= 15 is 0 Å². The Morgan fingerprint density at radius 2 is 1.97 bits per heavy atom. The zero-order chi connectivity index (χ0) is 21.3. The molecule has 8 nitrogen and oxygen atoms in total. The molecule has 1 saturated heterocycles. The number of carbonyl (C=O) groups is 2. The number of fused-ring (bicyclic) bond motifs is 1. The molecule has 10 heteroatoms. The molecule has 0 aliphatic carbocycles. The van der Waals surface area contributed by atoms with Crippen LogP contribution in [0.15, 0.2) is 46.0 Å². The third-order valence-electron chi connectivity index (χ3n) is 5.40. The minimum atomic E-state index is -3.61. The first kappa shape index (κ1) is 20.8. The first-order valence-corrected chi connectivity index (χ1v) is 12.1. The van der Waals surface area contributed by atoms with E-state index in [0.717, 1.165) is 0 Å². The van der Waals surface area contributed by atoms with Crippen LogP contribution >= 0.6 is 11.3 Å². The Bertz CT molecular complexity index is 1040. The topological polar surface area (TPSA) is 96.0 Å². The average molecular weight is 450 g/mol. The van der Waals surface area contributed by atoms with Crippen molar-refractivity contribution >= 4 is 38.9 Å². The van der Waals surface area contributed by atoms with Gasteiger partial charge >= 0.3 is 0 Å². The van der Waals surface area contributed by atoms with E-state index in [1.165, 1.54) is 22.7 Å². The van der Waals surface area contributed by atoms with Crippen molar-refractivity contribution in [2.45, 2.75) is 23.2 Å². The van der Waals surface area contributed by atoms with E-state index < -0.39 is 22.0 Å². The molecule has 2 atom stereocenters. The third-order valence-corrected chi connectivity index (χ3v) is 8.64. The van der Waals surface area contributed by atoms with Gasteiger partial charge in [0.2, 0.25) is 5.91 Å². The summed E-state index contributed by atoms with van der Waals surface area (Å²) in [6.45, 7) is 0.609. The first-order valence-electron chi connectivity index (χ1n) is 9.74. The maximum Gasteiger partial charge on any atom is 0.262 e. The zero-order valence-electron chi connectivity index (χ0n) is 16.5. The quantitative estimate of drug-likeness (QED) is 0.766. The van der Waals surface area contributed by atoms with E-state index in [1.54, 1.807) is 46.7 Å². The molecule has 0 spiro atoms.